The van der Waals surface area contributed by atoms with Crippen molar-refractivity contribution >= 4 is 0 Å². The van der Waals surface area contributed by atoms with Crippen molar-refractivity contribution in [1.29, 1.82) is 0 Å². The van der Waals surface area contributed by atoms with Gasteiger partial charge in [-0.3, -0.25) is 0 Å². The molecule has 0 heterocycles. The molecule has 0 spiro atoms. The van der Waals surface area contributed by atoms with Crippen molar-refractivity contribution < 1.29 is 4.74 Å². The summed E-state index contributed by atoms with van der Waals surface area (Å²) in [6.07, 6.45) is 11.8. The van der Waals surface area contributed by atoms with Gasteiger partial charge in [0, 0.05) is 13.2 Å². The quantitative estimate of drug-likeness (QED) is 0.621. The summed E-state index contributed by atoms with van der Waals surface area (Å²) in [6, 6.07) is 0.548. The third-order valence-electron chi connectivity index (χ3n) is 4.96. The van der Waals surface area contributed by atoms with Gasteiger partial charge in [-0.1, -0.05) is 46.5 Å². The van der Waals surface area contributed by atoms with Crippen molar-refractivity contribution in [3.05, 3.63) is 0 Å². The Morgan fingerprint density at radius 2 is 1.84 bits per heavy atom. The van der Waals surface area contributed by atoms with Crippen molar-refractivity contribution in [3.63, 3.8) is 0 Å². The van der Waals surface area contributed by atoms with Gasteiger partial charge in [-0.05, 0) is 44.6 Å². The molecule has 1 unspecified atom stereocenters. The van der Waals surface area contributed by atoms with E-state index in [-0.39, 0.29) is 5.60 Å². The van der Waals surface area contributed by atoms with Crippen LogP contribution in [0.3, 0.4) is 0 Å². The van der Waals surface area contributed by atoms with E-state index in [0.29, 0.717) is 6.04 Å². The summed E-state index contributed by atoms with van der Waals surface area (Å²) < 4.78 is 6.04. The molecule has 0 bridgehead atoms. The van der Waals surface area contributed by atoms with Crippen LogP contribution in [0.1, 0.15) is 78.6 Å². The topological polar surface area (TPSA) is 21.3 Å². The van der Waals surface area contributed by atoms with Crippen LogP contribution in [-0.2, 0) is 4.74 Å². The zero-order valence-corrected chi connectivity index (χ0v) is 13.6. The highest BCUT2D eigenvalue weighted by Crippen LogP contribution is 2.38. The predicted octanol–water partition coefficient (Wildman–Crippen LogP) is 4.53. The second-order valence-electron chi connectivity index (χ2n) is 6.41. The summed E-state index contributed by atoms with van der Waals surface area (Å²) in [5, 5.41) is 3.71. The molecule has 0 aromatic carbocycles. The van der Waals surface area contributed by atoms with Gasteiger partial charge >= 0.3 is 0 Å². The van der Waals surface area contributed by atoms with E-state index in [1.165, 1.54) is 57.8 Å². The normalized spacial score (nSPS) is 29.4. The molecule has 1 aliphatic rings. The number of likely N-dealkylation sites (N-methyl/N-ethyl adjacent to an activating group) is 1. The highest BCUT2D eigenvalue weighted by molar-refractivity contribution is 4.96. The van der Waals surface area contributed by atoms with Gasteiger partial charge in [0.25, 0.3) is 0 Å². The third kappa shape index (κ3) is 5.07. The minimum Gasteiger partial charge on any atom is -0.377 e. The van der Waals surface area contributed by atoms with E-state index in [9.17, 15) is 0 Å². The molecule has 0 radical (unpaired) electrons. The molecule has 1 rings (SSSR count). The smallest absolute Gasteiger partial charge is 0.0831 e. The molecular formula is C17H35NO. The fourth-order valence-corrected chi connectivity index (χ4v) is 3.52. The fraction of sp³-hybridized carbons (Fsp3) is 1.00. The largest absolute Gasteiger partial charge is 0.377 e. The van der Waals surface area contributed by atoms with Crippen LogP contribution in [0.5, 0.6) is 0 Å². The number of unbranched alkanes of at least 4 members (excludes halogenated alkanes) is 3. The van der Waals surface area contributed by atoms with Crippen molar-refractivity contribution in [3.8, 4) is 0 Å². The molecule has 2 heteroatoms. The Morgan fingerprint density at radius 1 is 1.16 bits per heavy atom. The van der Waals surface area contributed by atoms with Crippen LogP contribution in [0.2, 0.25) is 0 Å². The summed E-state index contributed by atoms with van der Waals surface area (Å²) in [5.74, 6) is 0.880. The molecule has 0 aromatic rings. The predicted molar refractivity (Wildman–Crippen MR) is 83.6 cm³/mol. The van der Waals surface area contributed by atoms with Crippen LogP contribution >= 0.6 is 0 Å². The van der Waals surface area contributed by atoms with Crippen LogP contribution in [0, 0.1) is 5.92 Å². The lowest BCUT2D eigenvalue weighted by Gasteiger charge is -2.44. The zero-order valence-electron chi connectivity index (χ0n) is 13.6. The molecule has 1 atom stereocenters. The molecular weight excluding hydrogens is 234 g/mol. The average Bonchev–Trinajstić information content (AvgIpc) is 2.44. The first kappa shape index (κ1) is 17.0. The monoisotopic (exact) mass is 269 g/mol. The van der Waals surface area contributed by atoms with Crippen LogP contribution in [0.15, 0.2) is 0 Å². The van der Waals surface area contributed by atoms with E-state index >= 15 is 0 Å². The first-order valence-electron chi connectivity index (χ1n) is 8.47. The zero-order chi connectivity index (χ0) is 14.1. The van der Waals surface area contributed by atoms with Gasteiger partial charge in [0.15, 0.2) is 0 Å². The first-order valence-corrected chi connectivity index (χ1v) is 8.47. The van der Waals surface area contributed by atoms with Crippen molar-refractivity contribution in [2.75, 3.05) is 13.7 Å². The highest BCUT2D eigenvalue weighted by atomic mass is 16.5. The van der Waals surface area contributed by atoms with E-state index in [1.807, 2.05) is 7.11 Å². The summed E-state index contributed by atoms with van der Waals surface area (Å²) >= 11 is 0. The van der Waals surface area contributed by atoms with E-state index in [4.69, 9.17) is 4.74 Å². The number of ether oxygens (including phenoxy) is 1. The molecule has 2 nitrogen and oxygen atoms in total. The summed E-state index contributed by atoms with van der Waals surface area (Å²) in [7, 11) is 1.92. The first-order chi connectivity index (χ1) is 9.18. The summed E-state index contributed by atoms with van der Waals surface area (Å²) in [6.45, 7) is 7.93. The van der Waals surface area contributed by atoms with E-state index in [0.717, 1.165) is 12.5 Å². The van der Waals surface area contributed by atoms with Crippen molar-refractivity contribution in [2.45, 2.75) is 90.2 Å². The van der Waals surface area contributed by atoms with E-state index in [2.05, 4.69) is 26.1 Å². The SMILES string of the molecule is CCCCCCC(NCC)C1(OC)CCC(C)CC1. The Hall–Kier alpha value is -0.0800. The number of rotatable bonds is 9. The van der Waals surface area contributed by atoms with Crippen molar-refractivity contribution in [2.24, 2.45) is 5.92 Å². The lowest BCUT2D eigenvalue weighted by molar-refractivity contribution is -0.0765. The number of methoxy groups -OCH3 is 1. The summed E-state index contributed by atoms with van der Waals surface area (Å²) in [4.78, 5) is 0. The number of hydrogen-bond acceptors (Lipinski definition) is 2. The maximum Gasteiger partial charge on any atom is 0.0831 e. The molecule has 1 aliphatic carbocycles. The molecule has 0 aliphatic heterocycles. The van der Waals surface area contributed by atoms with E-state index < -0.39 is 0 Å². The number of hydrogen-bond donors (Lipinski definition) is 1. The Kier molecular flexibility index (Phi) is 8.01. The van der Waals surface area contributed by atoms with Crippen LogP contribution in [0.4, 0.5) is 0 Å². The third-order valence-corrected chi connectivity index (χ3v) is 4.96. The van der Waals surface area contributed by atoms with Crippen LogP contribution in [-0.4, -0.2) is 25.3 Å². The molecule has 1 saturated carbocycles. The van der Waals surface area contributed by atoms with Gasteiger partial charge in [-0.25, -0.2) is 0 Å². The summed E-state index contributed by atoms with van der Waals surface area (Å²) in [5.41, 5.74) is 0.106. The molecule has 19 heavy (non-hydrogen) atoms. The van der Waals surface area contributed by atoms with E-state index in [1.54, 1.807) is 0 Å². The minimum absolute atomic E-state index is 0.106. The van der Waals surface area contributed by atoms with Crippen LogP contribution < -0.4 is 5.32 Å². The lowest BCUT2D eigenvalue weighted by Crippen LogP contribution is -2.53. The fourth-order valence-electron chi connectivity index (χ4n) is 3.52. The maximum atomic E-state index is 6.04. The second kappa shape index (κ2) is 8.97. The van der Waals surface area contributed by atoms with Crippen molar-refractivity contribution in [1.82, 2.24) is 5.32 Å². The molecule has 0 amide bonds. The Morgan fingerprint density at radius 3 is 2.37 bits per heavy atom. The van der Waals surface area contributed by atoms with Gasteiger partial charge in [0.1, 0.15) is 0 Å². The van der Waals surface area contributed by atoms with Gasteiger partial charge in [-0.15, -0.1) is 0 Å². The second-order valence-corrected chi connectivity index (χ2v) is 6.41. The Labute approximate surface area is 120 Å². The molecule has 114 valence electrons. The Balaban J connectivity index is 2.55. The molecule has 0 saturated heterocycles. The lowest BCUT2D eigenvalue weighted by atomic mass is 9.74. The molecule has 1 N–H and O–H groups in total. The van der Waals surface area contributed by atoms with Gasteiger partial charge < -0.3 is 10.1 Å². The highest BCUT2D eigenvalue weighted by Gasteiger charge is 2.40. The molecule has 0 aromatic heterocycles. The Bertz CT molecular complexity index is 221. The van der Waals surface area contributed by atoms with Gasteiger partial charge in [0.2, 0.25) is 0 Å². The average molecular weight is 269 g/mol. The number of nitrogens with one attached hydrogen (secondary N) is 1. The van der Waals surface area contributed by atoms with Gasteiger partial charge in [-0.2, -0.15) is 0 Å². The molecule has 1 fully saturated rings. The maximum absolute atomic E-state index is 6.04. The van der Waals surface area contributed by atoms with Gasteiger partial charge in [0.05, 0.1) is 5.60 Å². The van der Waals surface area contributed by atoms with Crippen LogP contribution in [0.25, 0.3) is 0 Å². The standard InChI is InChI=1S/C17H35NO/c1-5-7-8-9-10-16(18-6-2)17(19-4)13-11-15(3)12-14-17/h15-16,18H,5-14H2,1-4H3. The minimum atomic E-state index is 0.106.